The molecule has 0 saturated heterocycles. The molecule has 2 N–H and O–H groups in total. The van der Waals surface area contributed by atoms with Crippen LogP contribution in [0.3, 0.4) is 0 Å². The highest BCUT2D eigenvalue weighted by Gasteiger charge is 2.31. The zero-order valence-corrected chi connectivity index (χ0v) is 12.1. The fraction of sp³-hybridized carbons (Fsp3) is 0.533. The Morgan fingerprint density at radius 2 is 1.89 bits per heavy atom. The quantitative estimate of drug-likeness (QED) is 0.803. The summed E-state index contributed by atoms with van der Waals surface area (Å²) in [4.78, 5) is 11.8. The lowest BCUT2D eigenvalue weighted by Crippen LogP contribution is -2.31. The summed E-state index contributed by atoms with van der Waals surface area (Å²) in [5.41, 5.74) is 6.55. The SMILES string of the molecule is CCOC(=O)C(C)(C)CC(N)c1ccc(OC)cc1. The number of ether oxygens (including phenoxy) is 2. The molecular weight excluding hydrogens is 242 g/mol. The van der Waals surface area contributed by atoms with Gasteiger partial charge in [-0.1, -0.05) is 12.1 Å². The monoisotopic (exact) mass is 265 g/mol. The van der Waals surface area contributed by atoms with E-state index in [1.807, 2.05) is 38.1 Å². The molecule has 106 valence electrons. The molecule has 0 bridgehead atoms. The van der Waals surface area contributed by atoms with Gasteiger partial charge in [0.25, 0.3) is 0 Å². The van der Waals surface area contributed by atoms with Crippen LogP contribution >= 0.6 is 0 Å². The second-order valence-electron chi connectivity index (χ2n) is 5.19. The third kappa shape index (κ3) is 4.24. The highest BCUT2D eigenvalue weighted by molar-refractivity contribution is 5.75. The summed E-state index contributed by atoms with van der Waals surface area (Å²) in [5, 5.41) is 0. The number of carbonyl (C=O) groups is 1. The van der Waals surface area contributed by atoms with Gasteiger partial charge in [-0.15, -0.1) is 0 Å². The van der Waals surface area contributed by atoms with Crippen molar-refractivity contribution in [3.63, 3.8) is 0 Å². The predicted octanol–water partition coefficient (Wildman–Crippen LogP) is 2.67. The predicted molar refractivity (Wildman–Crippen MR) is 75.0 cm³/mol. The van der Waals surface area contributed by atoms with Gasteiger partial charge in [0, 0.05) is 6.04 Å². The average molecular weight is 265 g/mol. The lowest BCUT2D eigenvalue weighted by Gasteiger charge is -2.26. The van der Waals surface area contributed by atoms with Crippen LogP contribution in [-0.2, 0) is 9.53 Å². The van der Waals surface area contributed by atoms with E-state index in [9.17, 15) is 4.79 Å². The highest BCUT2D eigenvalue weighted by Crippen LogP contribution is 2.30. The fourth-order valence-corrected chi connectivity index (χ4v) is 1.93. The lowest BCUT2D eigenvalue weighted by atomic mass is 9.84. The second-order valence-corrected chi connectivity index (χ2v) is 5.19. The Bertz CT molecular complexity index is 412. The third-order valence-electron chi connectivity index (χ3n) is 3.10. The fourth-order valence-electron chi connectivity index (χ4n) is 1.93. The van der Waals surface area contributed by atoms with E-state index in [1.54, 1.807) is 14.0 Å². The van der Waals surface area contributed by atoms with Crippen LogP contribution in [-0.4, -0.2) is 19.7 Å². The maximum Gasteiger partial charge on any atom is 0.311 e. The summed E-state index contributed by atoms with van der Waals surface area (Å²) in [6.45, 7) is 5.90. The molecule has 1 aromatic carbocycles. The van der Waals surface area contributed by atoms with Gasteiger partial charge < -0.3 is 15.2 Å². The Labute approximate surface area is 114 Å². The van der Waals surface area contributed by atoms with E-state index in [4.69, 9.17) is 15.2 Å². The zero-order chi connectivity index (χ0) is 14.5. The van der Waals surface area contributed by atoms with E-state index < -0.39 is 5.41 Å². The first-order valence-corrected chi connectivity index (χ1v) is 6.47. The summed E-state index contributed by atoms with van der Waals surface area (Å²) in [6, 6.07) is 7.37. The van der Waals surface area contributed by atoms with Gasteiger partial charge in [-0.05, 0) is 44.9 Å². The van der Waals surface area contributed by atoms with Crippen LogP contribution in [0.2, 0.25) is 0 Å². The maximum absolute atomic E-state index is 11.8. The minimum atomic E-state index is -0.588. The summed E-state index contributed by atoms with van der Waals surface area (Å²) in [7, 11) is 1.62. The number of methoxy groups -OCH3 is 1. The van der Waals surface area contributed by atoms with Gasteiger partial charge in [0.2, 0.25) is 0 Å². The van der Waals surface area contributed by atoms with Crippen LogP contribution in [0, 0.1) is 5.41 Å². The Balaban J connectivity index is 2.72. The molecule has 0 fully saturated rings. The summed E-state index contributed by atoms with van der Waals surface area (Å²) in [5.74, 6) is 0.583. The summed E-state index contributed by atoms with van der Waals surface area (Å²) < 4.78 is 10.2. The maximum atomic E-state index is 11.8. The molecule has 0 spiro atoms. The highest BCUT2D eigenvalue weighted by atomic mass is 16.5. The molecule has 0 radical (unpaired) electrons. The first-order valence-electron chi connectivity index (χ1n) is 6.47. The van der Waals surface area contributed by atoms with Crippen LogP contribution in [0.5, 0.6) is 5.75 Å². The minimum Gasteiger partial charge on any atom is -0.497 e. The first kappa shape index (κ1) is 15.5. The smallest absolute Gasteiger partial charge is 0.311 e. The van der Waals surface area contributed by atoms with Crippen molar-refractivity contribution in [1.82, 2.24) is 0 Å². The van der Waals surface area contributed by atoms with Gasteiger partial charge in [0.15, 0.2) is 0 Å². The van der Waals surface area contributed by atoms with Crippen LogP contribution in [0.4, 0.5) is 0 Å². The van der Waals surface area contributed by atoms with Crippen LogP contribution in [0.25, 0.3) is 0 Å². The summed E-state index contributed by atoms with van der Waals surface area (Å²) in [6.07, 6.45) is 0.540. The van der Waals surface area contributed by atoms with Crippen LogP contribution < -0.4 is 10.5 Å². The number of hydrogen-bond acceptors (Lipinski definition) is 4. The van der Waals surface area contributed by atoms with E-state index >= 15 is 0 Å². The van der Waals surface area contributed by atoms with Crippen molar-refractivity contribution in [2.75, 3.05) is 13.7 Å². The topological polar surface area (TPSA) is 61.5 Å². The normalized spacial score (nSPS) is 12.9. The molecule has 0 saturated carbocycles. The molecule has 0 aliphatic heterocycles. The average Bonchev–Trinajstić information content (AvgIpc) is 2.38. The molecule has 0 aliphatic carbocycles. The molecule has 1 unspecified atom stereocenters. The van der Waals surface area contributed by atoms with E-state index in [1.165, 1.54) is 0 Å². The van der Waals surface area contributed by atoms with Crippen molar-refractivity contribution in [2.24, 2.45) is 11.1 Å². The molecule has 1 aromatic rings. The van der Waals surface area contributed by atoms with E-state index in [0.29, 0.717) is 13.0 Å². The van der Waals surface area contributed by atoms with Crippen molar-refractivity contribution in [2.45, 2.75) is 33.2 Å². The van der Waals surface area contributed by atoms with Crippen LogP contribution in [0.15, 0.2) is 24.3 Å². The third-order valence-corrected chi connectivity index (χ3v) is 3.10. The molecule has 4 heteroatoms. The Hall–Kier alpha value is -1.55. The van der Waals surface area contributed by atoms with E-state index in [0.717, 1.165) is 11.3 Å². The molecule has 19 heavy (non-hydrogen) atoms. The minimum absolute atomic E-state index is 0.203. The standard InChI is InChI=1S/C15H23NO3/c1-5-19-14(17)15(2,3)10-13(16)11-6-8-12(18-4)9-7-11/h6-9,13H,5,10,16H2,1-4H3. The number of carbonyl (C=O) groups excluding carboxylic acids is 1. The van der Waals surface area contributed by atoms with Crippen molar-refractivity contribution in [3.05, 3.63) is 29.8 Å². The number of esters is 1. The molecule has 0 amide bonds. The zero-order valence-electron chi connectivity index (χ0n) is 12.1. The molecule has 1 atom stereocenters. The van der Waals surface area contributed by atoms with Crippen molar-refractivity contribution < 1.29 is 14.3 Å². The van der Waals surface area contributed by atoms with Crippen molar-refractivity contribution in [1.29, 1.82) is 0 Å². The van der Waals surface area contributed by atoms with Gasteiger partial charge in [-0.25, -0.2) is 0 Å². The molecule has 1 rings (SSSR count). The Morgan fingerprint density at radius 1 is 1.32 bits per heavy atom. The molecule has 4 nitrogen and oxygen atoms in total. The Morgan fingerprint density at radius 3 is 2.37 bits per heavy atom. The van der Waals surface area contributed by atoms with E-state index in [2.05, 4.69) is 0 Å². The molecule has 0 aromatic heterocycles. The summed E-state index contributed by atoms with van der Waals surface area (Å²) >= 11 is 0. The van der Waals surface area contributed by atoms with Crippen LogP contribution in [0.1, 0.15) is 38.8 Å². The van der Waals surface area contributed by atoms with Gasteiger partial charge in [-0.2, -0.15) is 0 Å². The number of nitrogens with two attached hydrogens (primary N) is 1. The number of benzene rings is 1. The number of hydrogen-bond donors (Lipinski definition) is 1. The van der Waals surface area contributed by atoms with Crippen molar-refractivity contribution >= 4 is 5.97 Å². The van der Waals surface area contributed by atoms with E-state index in [-0.39, 0.29) is 12.0 Å². The molecule has 0 aliphatic rings. The van der Waals surface area contributed by atoms with Gasteiger partial charge in [0.1, 0.15) is 5.75 Å². The van der Waals surface area contributed by atoms with Gasteiger partial charge in [-0.3, -0.25) is 4.79 Å². The molecule has 0 heterocycles. The first-order chi connectivity index (χ1) is 8.90. The number of rotatable bonds is 6. The Kier molecular flexibility index (Phi) is 5.36. The second kappa shape index (κ2) is 6.57. The van der Waals surface area contributed by atoms with Gasteiger partial charge in [0.05, 0.1) is 19.1 Å². The van der Waals surface area contributed by atoms with Gasteiger partial charge >= 0.3 is 5.97 Å². The largest absolute Gasteiger partial charge is 0.497 e. The lowest BCUT2D eigenvalue weighted by molar-refractivity contribution is -0.154. The van der Waals surface area contributed by atoms with Crippen molar-refractivity contribution in [3.8, 4) is 5.75 Å². The molecular formula is C15H23NO3.